The number of nitrogens with one attached hydrogen (secondary N) is 1. The van der Waals surface area contributed by atoms with E-state index in [1.807, 2.05) is 32.3 Å². The number of benzene rings is 2. The summed E-state index contributed by atoms with van der Waals surface area (Å²) in [6.07, 6.45) is 0. The van der Waals surface area contributed by atoms with Crippen molar-refractivity contribution >= 4 is 11.0 Å². The van der Waals surface area contributed by atoms with Crippen LogP contribution in [-0.4, -0.2) is 49.2 Å². The van der Waals surface area contributed by atoms with E-state index in [0.717, 1.165) is 34.7 Å². The molecule has 5 heteroatoms. The molecule has 0 atom stereocenters. The molecule has 0 amide bonds. The Bertz CT molecular complexity index is 845. The summed E-state index contributed by atoms with van der Waals surface area (Å²) >= 11 is 0. The Labute approximate surface area is 148 Å². The lowest BCUT2D eigenvalue weighted by Crippen LogP contribution is -2.19. The van der Waals surface area contributed by atoms with Gasteiger partial charge in [0.05, 0.1) is 23.7 Å². The van der Waals surface area contributed by atoms with Crippen LogP contribution in [0.15, 0.2) is 30.3 Å². The average Bonchev–Trinajstić information content (AvgIpc) is 2.97. The molecule has 1 N–H and O–H groups in total. The standard InChI is InChI=1S/C20H25N3O2/c1-13-11-16-17(12-14(13)2)22-20(21-16)15-7-6-8-18(24-5)19(15)25-10-9-23(3)4/h6-8,11-12H,9-10H2,1-5H3,(H,21,22). The van der Waals surface area contributed by atoms with Crippen molar-refractivity contribution in [3.05, 3.63) is 41.5 Å². The summed E-state index contributed by atoms with van der Waals surface area (Å²) in [4.78, 5) is 10.3. The maximum atomic E-state index is 6.04. The molecule has 0 saturated heterocycles. The Morgan fingerprint density at radius 2 is 1.88 bits per heavy atom. The molecule has 0 aliphatic carbocycles. The topological polar surface area (TPSA) is 50.4 Å². The highest BCUT2D eigenvalue weighted by Gasteiger charge is 2.16. The number of aryl methyl sites for hydroxylation is 2. The van der Waals surface area contributed by atoms with Gasteiger partial charge in [0.25, 0.3) is 0 Å². The third-order valence-electron chi connectivity index (χ3n) is 4.34. The van der Waals surface area contributed by atoms with E-state index in [-0.39, 0.29) is 0 Å². The van der Waals surface area contributed by atoms with E-state index in [1.54, 1.807) is 7.11 Å². The Balaban J connectivity index is 2.03. The highest BCUT2D eigenvalue weighted by atomic mass is 16.5. The molecule has 0 spiro atoms. The summed E-state index contributed by atoms with van der Waals surface area (Å²) in [5.74, 6) is 2.22. The number of hydrogen-bond donors (Lipinski definition) is 1. The molecule has 2 aromatic carbocycles. The molecule has 0 saturated carbocycles. The first kappa shape index (κ1) is 17.3. The average molecular weight is 339 g/mol. The molecule has 5 nitrogen and oxygen atoms in total. The molecule has 0 fully saturated rings. The van der Waals surface area contributed by atoms with Gasteiger partial charge in [-0.25, -0.2) is 4.98 Å². The normalized spacial score (nSPS) is 11.3. The van der Waals surface area contributed by atoms with Gasteiger partial charge in [-0.15, -0.1) is 0 Å². The van der Waals surface area contributed by atoms with E-state index in [1.165, 1.54) is 11.1 Å². The van der Waals surface area contributed by atoms with Crippen molar-refractivity contribution in [2.45, 2.75) is 13.8 Å². The third-order valence-corrected chi connectivity index (χ3v) is 4.34. The van der Waals surface area contributed by atoms with Crippen LogP contribution in [0.2, 0.25) is 0 Å². The lowest BCUT2D eigenvalue weighted by atomic mass is 10.1. The molecule has 1 heterocycles. The van der Waals surface area contributed by atoms with Crippen molar-refractivity contribution in [3.63, 3.8) is 0 Å². The monoisotopic (exact) mass is 339 g/mol. The predicted molar refractivity (Wildman–Crippen MR) is 102 cm³/mol. The molecule has 0 radical (unpaired) electrons. The van der Waals surface area contributed by atoms with Crippen LogP contribution >= 0.6 is 0 Å². The second-order valence-corrected chi connectivity index (χ2v) is 6.53. The molecule has 0 unspecified atom stereocenters. The Morgan fingerprint density at radius 3 is 2.60 bits per heavy atom. The van der Waals surface area contributed by atoms with Crippen molar-refractivity contribution < 1.29 is 9.47 Å². The van der Waals surface area contributed by atoms with Gasteiger partial charge in [-0.3, -0.25) is 0 Å². The summed E-state index contributed by atoms with van der Waals surface area (Å²) in [6, 6.07) is 10.1. The van der Waals surface area contributed by atoms with Gasteiger partial charge in [0, 0.05) is 6.54 Å². The highest BCUT2D eigenvalue weighted by molar-refractivity contribution is 5.82. The number of ether oxygens (including phenoxy) is 2. The molecule has 3 rings (SSSR count). The Morgan fingerprint density at radius 1 is 1.12 bits per heavy atom. The van der Waals surface area contributed by atoms with Gasteiger partial charge in [0.2, 0.25) is 0 Å². The van der Waals surface area contributed by atoms with E-state index in [9.17, 15) is 0 Å². The lowest BCUT2D eigenvalue weighted by molar-refractivity contribution is 0.251. The number of imidazole rings is 1. The van der Waals surface area contributed by atoms with Gasteiger partial charge < -0.3 is 19.4 Å². The molecule has 0 bridgehead atoms. The second-order valence-electron chi connectivity index (χ2n) is 6.53. The molecular formula is C20H25N3O2. The van der Waals surface area contributed by atoms with E-state index in [2.05, 4.69) is 35.9 Å². The maximum absolute atomic E-state index is 6.04. The first-order valence-electron chi connectivity index (χ1n) is 8.41. The molecule has 132 valence electrons. The number of H-pyrrole nitrogens is 1. The van der Waals surface area contributed by atoms with Crippen molar-refractivity contribution in [1.82, 2.24) is 14.9 Å². The van der Waals surface area contributed by atoms with Crippen LogP contribution in [0.25, 0.3) is 22.4 Å². The summed E-state index contributed by atoms with van der Waals surface area (Å²) in [7, 11) is 5.70. The first-order valence-corrected chi connectivity index (χ1v) is 8.41. The summed E-state index contributed by atoms with van der Waals surface area (Å²) in [6.45, 7) is 5.62. The molecule has 0 aliphatic rings. The smallest absolute Gasteiger partial charge is 0.172 e. The zero-order valence-electron chi connectivity index (χ0n) is 15.5. The van der Waals surface area contributed by atoms with E-state index < -0.39 is 0 Å². The minimum atomic E-state index is 0.582. The number of hydrogen-bond acceptors (Lipinski definition) is 4. The number of aromatic nitrogens is 2. The number of aromatic amines is 1. The van der Waals surface area contributed by atoms with Gasteiger partial charge >= 0.3 is 0 Å². The Kier molecular flexibility index (Phi) is 4.95. The molecule has 0 aliphatic heterocycles. The van der Waals surface area contributed by atoms with Gasteiger partial charge in [-0.05, 0) is 63.3 Å². The van der Waals surface area contributed by atoms with Crippen molar-refractivity contribution in [2.75, 3.05) is 34.4 Å². The predicted octanol–water partition coefficient (Wildman–Crippen LogP) is 3.80. The zero-order chi connectivity index (χ0) is 18.0. The number of methoxy groups -OCH3 is 1. The fourth-order valence-electron chi connectivity index (χ4n) is 2.74. The minimum Gasteiger partial charge on any atom is -0.493 e. The van der Waals surface area contributed by atoms with Crippen molar-refractivity contribution in [1.29, 1.82) is 0 Å². The largest absolute Gasteiger partial charge is 0.493 e. The van der Waals surface area contributed by atoms with Gasteiger partial charge in [0.1, 0.15) is 12.4 Å². The van der Waals surface area contributed by atoms with Crippen molar-refractivity contribution in [2.24, 2.45) is 0 Å². The van der Waals surface area contributed by atoms with E-state index in [0.29, 0.717) is 12.4 Å². The summed E-state index contributed by atoms with van der Waals surface area (Å²) < 4.78 is 11.5. The Hall–Kier alpha value is -2.53. The minimum absolute atomic E-state index is 0.582. The zero-order valence-corrected chi connectivity index (χ0v) is 15.5. The number of rotatable bonds is 6. The maximum Gasteiger partial charge on any atom is 0.172 e. The fraction of sp³-hybridized carbons (Fsp3) is 0.350. The summed E-state index contributed by atoms with van der Waals surface area (Å²) in [5, 5.41) is 0. The molecule has 25 heavy (non-hydrogen) atoms. The van der Waals surface area contributed by atoms with Gasteiger partial charge in [-0.1, -0.05) is 6.07 Å². The van der Waals surface area contributed by atoms with Crippen LogP contribution in [0.5, 0.6) is 11.5 Å². The SMILES string of the molecule is COc1cccc(-c2nc3cc(C)c(C)cc3[nH]2)c1OCCN(C)C. The van der Waals surface area contributed by atoms with Crippen LogP contribution in [0.1, 0.15) is 11.1 Å². The number of likely N-dealkylation sites (N-methyl/N-ethyl adjacent to an activating group) is 1. The molecule has 3 aromatic rings. The van der Waals surface area contributed by atoms with Gasteiger partial charge in [0.15, 0.2) is 11.5 Å². The van der Waals surface area contributed by atoms with E-state index in [4.69, 9.17) is 14.5 Å². The second kappa shape index (κ2) is 7.15. The van der Waals surface area contributed by atoms with Gasteiger partial charge in [-0.2, -0.15) is 0 Å². The quantitative estimate of drug-likeness (QED) is 0.742. The number of para-hydroxylation sites is 1. The van der Waals surface area contributed by atoms with E-state index >= 15 is 0 Å². The fourth-order valence-corrected chi connectivity index (χ4v) is 2.74. The van der Waals surface area contributed by atoms with Crippen LogP contribution in [0.3, 0.4) is 0 Å². The van der Waals surface area contributed by atoms with Crippen LogP contribution in [-0.2, 0) is 0 Å². The molecule has 1 aromatic heterocycles. The first-order chi connectivity index (χ1) is 12.0. The lowest BCUT2D eigenvalue weighted by Gasteiger charge is -2.15. The van der Waals surface area contributed by atoms with Crippen LogP contribution in [0.4, 0.5) is 0 Å². The van der Waals surface area contributed by atoms with Crippen LogP contribution in [0, 0.1) is 13.8 Å². The highest BCUT2D eigenvalue weighted by Crippen LogP contribution is 2.37. The number of fused-ring (bicyclic) bond motifs is 1. The van der Waals surface area contributed by atoms with Crippen molar-refractivity contribution in [3.8, 4) is 22.9 Å². The summed E-state index contributed by atoms with van der Waals surface area (Å²) in [5.41, 5.74) is 5.37. The number of nitrogens with zero attached hydrogens (tertiary/aromatic N) is 2. The van der Waals surface area contributed by atoms with Crippen LogP contribution < -0.4 is 9.47 Å². The third kappa shape index (κ3) is 3.61. The molecular weight excluding hydrogens is 314 g/mol.